The zero-order valence-electron chi connectivity index (χ0n) is 37.7. The van der Waals surface area contributed by atoms with Crippen LogP contribution in [0.2, 0.25) is 0 Å². The minimum absolute atomic E-state index is 0.00453. The Bertz CT molecular complexity index is 1820. The molecule has 0 bridgehead atoms. The van der Waals surface area contributed by atoms with Crippen LogP contribution in [0, 0.1) is 11.8 Å². The molecule has 21 heteroatoms. The SMILES string of the molecule is CSCC[C@H](NC(=O)[C@@H]1c2ccccc2CN1C(=O)[C@H](CCCN=C(N)N)NC(=O)[C@H](CC1CCCCC1)NC(C)=O)C(=O)N[C@@H](C)C(=O)N[C@@H](CO)C(=O)N[C@@H](CC(C)C)C(N)=O. The van der Waals surface area contributed by atoms with E-state index in [4.69, 9.17) is 17.2 Å². The van der Waals surface area contributed by atoms with Crippen LogP contribution in [0.3, 0.4) is 0 Å². The van der Waals surface area contributed by atoms with E-state index >= 15 is 0 Å². The fraction of sp³-hybridized carbons (Fsp3) is 0.651. The summed E-state index contributed by atoms with van der Waals surface area (Å²) in [6.45, 7) is 5.72. The van der Waals surface area contributed by atoms with Gasteiger partial charge in [-0.1, -0.05) is 70.2 Å². The van der Waals surface area contributed by atoms with Crippen molar-refractivity contribution in [3.63, 3.8) is 0 Å². The van der Waals surface area contributed by atoms with Gasteiger partial charge in [0.05, 0.1) is 6.61 Å². The van der Waals surface area contributed by atoms with Crippen LogP contribution in [-0.4, -0.2) is 125 Å². The fourth-order valence-corrected chi connectivity index (χ4v) is 8.43. The molecule has 1 aliphatic heterocycles. The maximum absolute atomic E-state index is 14.7. The van der Waals surface area contributed by atoms with Gasteiger partial charge in [-0.15, -0.1) is 0 Å². The van der Waals surface area contributed by atoms with E-state index in [-0.39, 0.29) is 62.5 Å². The number of nitrogens with zero attached hydrogens (tertiary/aromatic N) is 2. The molecule has 356 valence electrons. The maximum atomic E-state index is 14.7. The zero-order chi connectivity index (χ0) is 47.5. The highest BCUT2D eigenvalue weighted by molar-refractivity contribution is 7.98. The summed E-state index contributed by atoms with van der Waals surface area (Å²) in [4.78, 5) is 113. The lowest BCUT2D eigenvalue weighted by Crippen LogP contribution is -2.59. The molecule has 0 unspecified atom stereocenters. The summed E-state index contributed by atoms with van der Waals surface area (Å²) in [6.07, 6.45) is 8.01. The molecule has 1 aliphatic carbocycles. The molecule has 13 N–H and O–H groups in total. The van der Waals surface area contributed by atoms with E-state index in [0.29, 0.717) is 23.3 Å². The number of aliphatic hydroxyl groups excluding tert-OH is 1. The molecule has 64 heavy (non-hydrogen) atoms. The van der Waals surface area contributed by atoms with Gasteiger partial charge in [0.25, 0.3) is 0 Å². The van der Waals surface area contributed by atoms with Crippen molar-refractivity contribution in [2.24, 2.45) is 34.0 Å². The topological polar surface area (TPSA) is 323 Å². The number of carbonyl (C=O) groups excluding carboxylic acids is 8. The number of carbonyl (C=O) groups is 8. The van der Waals surface area contributed by atoms with E-state index in [1.165, 1.54) is 30.5 Å². The highest BCUT2D eigenvalue weighted by Crippen LogP contribution is 2.35. The van der Waals surface area contributed by atoms with Crippen LogP contribution < -0.4 is 49.1 Å². The molecule has 0 spiro atoms. The summed E-state index contributed by atoms with van der Waals surface area (Å²) in [5.41, 5.74) is 17.7. The van der Waals surface area contributed by atoms with E-state index in [9.17, 15) is 43.5 Å². The third-order valence-electron chi connectivity index (χ3n) is 11.3. The monoisotopic (exact) mass is 916 g/mol. The predicted octanol–water partition coefficient (Wildman–Crippen LogP) is -0.681. The number of hydrogen-bond donors (Lipinski definition) is 10. The first-order valence-electron chi connectivity index (χ1n) is 22.0. The average Bonchev–Trinajstić information content (AvgIpc) is 3.64. The quantitative estimate of drug-likeness (QED) is 0.0332. The van der Waals surface area contributed by atoms with Crippen molar-refractivity contribution < 1.29 is 43.5 Å². The van der Waals surface area contributed by atoms with Gasteiger partial charge in [-0.3, -0.25) is 43.3 Å². The van der Waals surface area contributed by atoms with Gasteiger partial charge < -0.3 is 59.1 Å². The molecular weight excluding hydrogens is 847 g/mol. The summed E-state index contributed by atoms with van der Waals surface area (Å²) in [5.74, 6) is -4.83. The molecule has 1 saturated carbocycles. The first-order chi connectivity index (χ1) is 30.4. The fourth-order valence-electron chi connectivity index (χ4n) is 7.96. The minimum atomic E-state index is -1.47. The van der Waals surface area contributed by atoms with Crippen molar-refractivity contribution in [3.05, 3.63) is 35.4 Å². The molecule has 1 aromatic carbocycles. The smallest absolute Gasteiger partial charge is 0.248 e. The summed E-state index contributed by atoms with van der Waals surface area (Å²) in [5, 5.41) is 25.7. The van der Waals surface area contributed by atoms with Crippen molar-refractivity contribution in [2.75, 3.05) is 25.2 Å². The molecule has 1 aromatic rings. The van der Waals surface area contributed by atoms with Crippen LogP contribution in [-0.2, 0) is 44.9 Å². The summed E-state index contributed by atoms with van der Waals surface area (Å²) in [6, 6.07) is -1.20. The van der Waals surface area contributed by atoms with Gasteiger partial charge in [0, 0.05) is 20.0 Å². The van der Waals surface area contributed by atoms with E-state index in [0.717, 1.165) is 32.1 Å². The van der Waals surface area contributed by atoms with Gasteiger partial charge in [0.2, 0.25) is 47.3 Å². The summed E-state index contributed by atoms with van der Waals surface area (Å²) < 4.78 is 0. The molecule has 3 rings (SSSR count). The molecular formula is C43H69N11O9S. The third kappa shape index (κ3) is 16.6. The first kappa shape index (κ1) is 52.9. The second-order valence-corrected chi connectivity index (χ2v) is 18.0. The zero-order valence-corrected chi connectivity index (χ0v) is 38.5. The number of guanidine groups is 1. The molecule has 0 radical (unpaired) electrons. The molecule has 1 fully saturated rings. The van der Waals surface area contributed by atoms with Gasteiger partial charge in [0.1, 0.15) is 42.3 Å². The molecule has 1 heterocycles. The summed E-state index contributed by atoms with van der Waals surface area (Å²) in [7, 11) is 0. The number of rotatable bonds is 25. The number of amides is 8. The van der Waals surface area contributed by atoms with Gasteiger partial charge in [-0.2, -0.15) is 11.8 Å². The van der Waals surface area contributed by atoms with Gasteiger partial charge in [-0.05, 0) is 74.0 Å². The van der Waals surface area contributed by atoms with E-state index < -0.39 is 90.3 Å². The number of nitrogens with two attached hydrogens (primary N) is 3. The van der Waals surface area contributed by atoms with E-state index in [1.807, 2.05) is 20.1 Å². The van der Waals surface area contributed by atoms with E-state index in [2.05, 4.69) is 36.9 Å². The Labute approximate surface area is 379 Å². The highest BCUT2D eigenvalue weighted by atomic mass is 32.2. The number of aliphatic imine (C=N–C) groups is 1. The van der Waals surface area contributed by atoms with Gasteiger partial charge in [0.15, 0.2) is 5.96 Å². The number of hydrogen-bond acceptors (Lipinski definition) is 11. The number of fused-ring (bicyclic) bond motifs is 1. The lowest BCUT2D eigenvalue weighted by Gasteiger charge is -2.32. The Morgan fingerprint density at radius 1 is 0.781 bits per heavy atom. The lowest BCUT2D eigenvalue weighted by atomic mass is 9.84. The largest absolute Gasteiger partial charge is 0.394 e. The average molecular weight is 916 g/mol. The predicted molar refractivity (Wildman–Crippen MR) is 243 cm³/mol. The molecule has 0 saturated heterocycles. The third-order valence-corrected chi connectivity index (χ3v) is 11.9. The Balaban J connectivity index is 1.84. The Hall–Kier alpha value is -5.44. The van der Waals surface area contributed by atoms with Crippen molar-refractivity contribution in [3.8, 4) is 0 Å². The van der Waals surface area contributed by atoms with E-state index in [1.54, 1.807) is 24.3 Å². The first-order valence-corrected chi connectivity index (χ1v) is 23.4. The Morgan fingerprint density at radius 3 is 2.02 bits per heavy atom. The maximum Gasteiger partial charge on any atom is 0.248 e. The van der Waals surface area contributed by atoms with Gasteiger partial charge >= 0.3 is 0 Å². The molecule has 2 aliphatic rings. The second kappa shape index (κ2) is 26.4. The summed E-state index contributed by atoms with van der Waals surface area (Å²) >= 11 is 1.42. The number of nitrogens with one attached hydrogen (secondary N) is 6. The van der Waals surface area contributed by atoms with Crippen molar-refractivity contribution in [1.82, 2.24) is 36.8 Å². The van der Waals surface area contributed by atoms with Crippen molar-refractivity contribution in [1.29, 1.82) is 0 Å². The lowest BCUT2D eigenvalue weighted by molar-refractivity contribution is -0.144. The molecule has 20 nitrogen and oxygen atoms in total. The molecule has 0 aromatic heterocycles. The normalized spacial score (nSPS) is 17.6. The van der Waals surface area contributed by atoms with Crippen molar-refractivity contribution >= 4 is 65.0 Å². The number of thioether (sulfide) groups is 1. The standard InChI is InChI=1S/C43H69N11O9S/c1-24(2)20-32(36(44)57)52-40(61)34(23-55)53-37(58)25(3)48-38(59)30(17-19-64-5)50-41(62)35-29-15-10-9-14-28(29)22-54(35)42(63)31(16-11-18-47-43(45)46)51-39(60)33(49-26(4)56)21-27-12-7-6-8-13-27/h9-10,14-15,24-25,27,30-35,55H,6-8,11-13,16-23H2,1-5H3,(H2,44,57)(H,48,59)(H,49,56)(H,50,62)(H,51,60)(H,52,61)(H,53,58)(H4,45,46,47)/t25-,30-,31-,32-,33-,34-,35-/m0/s1. The number of aliphatic hydroxyl groups is 1. The minimum Gasteiger partial charge on any atom is -0.394 e. The van der Waals surface area contributed by atoms with Crippen LogP contribution in [0.15, 0.2) is 29.3 Å². The van der Waals surface area contributed by atoms with Crippen molar-refractivity contribution in [2.45, 2.75) is 141 Å². The molecule has 7 atom stereocenters. The van der Waals surface area contributed by atoms with Crippen LogP contribution in [0.25, 0.3) is 0 Å². The Morgan fingerprint density at radius 2 is 1.41 bits per heavy atom. The van der Waals surface area contributed by atoms with Crippen LogP contribution in [0.5, 0.6) is 0 Å². The van der Waals surface area contributed by atoms with Crippen LogP contribution in [0.4, 0.5) is 0 Å². The Kier molecular flexibility index (Phi) is 21.8. The number of benzene rings is 1. The second-order valence-electron chi connectivity index (χ2n) is 17.0. The van der Waals surface area contributed by atoms with Gasteiger partial charge in [-0.25, -0.2) is 0 Å². The van der Waals surface area contributed by atoms with Crippen LogP contribution in [0.1, 0.15) is 109 Å². The molecule has 8 amide bonds. The highest BCUT2D eigenvalue weighted by Gasteiger charge is 2.42. The van der Waals surface area contributed by atoms with Crippen LogP contribution >= 0.6 is 11.8 Å². The number of primary amides is 1.